The molecule has 1 saturated heterocycles. The van der Waals surface area contributed by atoms with Crippen molar-refractivity contribution in [3.8, 4) is 0 Å². The van der Waals surface area contributed by atoms with E-state index in [1.54, 1.807) is 29.2 Å². The molecule has 134 valence electrons. The second-order valence-corrected chi connectivity index (χ2v) is 6.18. The van der Waals surface area contributed by atoms with Gasteiger partial charge in [0.2, 0.25) is 11.8 Å². The summed E-state index contributed by atoms with van der Waals surface area (Å²) in [6, 6.07) is 15.9. The van der Waals surface area contributed by atoms with E-state index in [0.717, 1.165) is 5.56 Å². The number of hydrogen-bond acceptors (Lipinski definition) is 3. The Kier molecular flexibility index (Phi) is 5.31. The van der Waals surface area contributed by atoms with Crippen LogP contribution in [0.2, 0.25) is 0 Å². The predicted octanol–water partition coefficient (Wildman–Crippen LogP) is 2.18. The molecule has 1 atom stereocenters. The lowest BCUT2D eigenvalue weighted by atomic mass is 10.1. The first-order valence-corrected chi connectivity index (χ1v) is 8.55. The minimum absolute atomic E-state index is 0.0337. The summed E-state index contributed by atoms with van der Waals surface area (Å²) < 4.78 is 0. The van der Waals surface area contributed by atoms with Crippen molar-refractivity contribution in [1.29, 1.82) is 0 Å². The van der Waals surface area contributed by atoms with Gasteiger partial charge in [-0.25, -0.2) is 0 Å². The van der Waals surface area contributed by atoms with E-state index in [9.17, 15) is 14.4 Å². The van der Waals surface area contributed by atoms with Gasteiger partial charge >= 0.3 is 0 Å². The van der Waals surface area contributed by atoms with Crippen LogP contribution in [0.5, 0.6) is 0 Å². The molecule has 0 aromatic heterocycles. The number of benzene rings is 2. The molecule has 1 heterocycles. The van der Waals surface area contributed by atoms with E-state index in [2.05, 4.69) is 10.6 Å². The minimum Gasteiger partial charge on any atom is -0.355 e. The summed E-state index contributed by atoms with van der Waals surface area (Å²) in [5, 5.41) is 5.37. The first-order chi connectivity index (χ1) is 12.6. The van der Waals surface area contributed by atoms with Gasteiger partial charge in [0.25, 0.3) is 5.91 Å². The zero-order valence-electron chi connectivity index (χ0n) is 14.6. The van der Waals surface area contributed by atoms with Gasteiger partial charge in [0.05, 0.1) is 11.3 Å². The Balaban J connectivity index is 1.77. The predicted molar refractivity (Wildman–Crippen MR) is 98.5 cm³/mol. The molecule has 6 nitrogen and oxygen atoms in total. The molecule has 2 N–H and O–H groups in total. The van der Waals surface area contributed by atoms with Gasteiger partial charge in [-0.05, 0) is 24.1 Å². The van der Waals surface area contributed by atoms with Gasteiger partial charge in [-0.2, -0.15) is 0 Å². The molecule has 26 heavy (non-hydrogen) atoms. The van der Waals surface area contributed by atoms with Crippen LogP contribution in [-0.2, 0) is 16.1 Å². The van der Waals surface area contributed by atoms with E-state index in [4.69, 9.17) is 0 Å². The van der Waals surface area contributed by atoms with Gasteiger partial charge in [-0.3, -0.25) is 14.4 Å². The van der Waals surface area contributed by atoms with Crippen LogP contribution < -0.4 is 10.6 Å². The quantitative estimate of drug-likeness (QED) is 0.867. The van der Waals surface area contributed by atoms with Crippen LogP contribution in [0.25, 0.3) is 0 Å². The molecule has 2 aromatic rings. The summed E-state index contributed by atoms with van der Waals surface area (Å²) >= 11 is 0. The number of carbonyl (C=O) groups is 3. The van der Waals surface area contributed by atoms with E-state index in [1.807, 2.05) is 30.3 Å². The van der Waals surface area contributed by atoms with Crippen LogP contribution in [0.1, 0.15) is 28.8 Å². The molecule has 0 bridgehead atoms. The van der Waals surface area contributed by atoms with E-state index in [0.29, 0.717) is 30.6 Å². The molecule has 1 fully saturated rings. The van der Waals surface area contributed by atoms with E-state index >= 15 is 0 Å². The fourth-order valence-electron chi connectivity index (χ4n) is 3.13. The number of likely N-dealkylation sites (tertiary alicyclic amines) is 1. The topological polar surface area (TPSA) is 78.5 Å². The number of nitrogens with one attached hydrogen (secondary N) is 2. The van der Waals surface area contributed by atoms with E-state index in [1.165, 1.54) is 7.05 Å². The van der Waals surface area contributed by atoms with Crippen molar-refractivity contribution in [2.75, 3.05) is 12.4 Å². The van der Waals surface area contributed by atoms with Crippen LogP contribution in [0, 0.1) is 0 Å². The molecule has 0 radical (unpaired) electrons. The van der Waals surface area contributed by atoms with Crippen molar-refractivity contribution in [3.05, 3.63) is 65.7 Å². The molecule has 0 spiro atoms. The third kappa shape index (κ3) is 3.74. The molecule has 3 amide bonds. The Bertz CT molecular complexity index is 820. The highest BCUT2D eigenvalue weighted by molar-refractivity contribution is 6.05. The molecule has 1 aliphatic heterocycles. The highest BCUT2D eigenvalue weighted by Crippen LogP contribution is 2.24. The van der Waals surface area contributed by atoms with E-state index < -0.39 is 6.04 Å². The van der Waals surface area contributed by atoms with Crippen molar-refractivity contribution >= 4 is 23.4 Å². The maximum absolute atomic E-state index is 12.8. The second-order valence-electron chi connectivity index (χ2n) is 6.18. The molecule has 0 aliphatic carbocycles. The lowest BCUT2D eigenvalue weighted by Gasteiger charge is -2.24. The Morgan fingerprint density at radius 2 is 1.77 bits per heavy atom. The maximum Gasteiger partial charge on any atom is 0.253 e. The fourth-order valence-corrected chi connectivity index (χ4v) is 3.13. The van der Waals surface area contributed by atoms with Crippen LogP contribution in [0.3, 0.4) is 0 Å². The van der Waals surface area contributed by atoms with Crippen LogP contribution in [-0.4, -0.2) is 35.7 Å². The van der Waals surface area contributed by atoms with Crippen molar-refractivity contribution < 1.29 is 14.4 Å². The summed E-state index contributed by atoms with van der Waals surface area (Å²) in [6.07, 6.45) is 0.821. The van der Waals surface area contributed by atoms with Crippen molar-refractivity contribution in [1.82, 2.24) is 10.2 Å². The number of anilines is 1. The first-order valence-electron chi connectivity index (χ1n) is 8.55. The zero-order chi connectivity index (χ0) is 18.5. The van der Waals surface area contributed by atoms with Crippen LogP contribution in [0.15, 0.2) is 54.6 Å². The van der Waals surface area contributed by atoms with Crippen molar-refractivity contribution in [3.63, 3.8) is 0 Å². The summed E-state index contributed by atoms with van der Waals surface area (Å²) in [4.78, 5) is 38.6. The van der Waals surface area contributed by atoms with Gasteiger partial charge in [-0.15, -0.1) is 0 Å². The fraction of sp³-hybridized carbons (Fsp3) is 0.250. The average molecular weight is 351 g/mol. The third-order valence-corrected chi connectivity index (χ3v) is 4.48. The van der Waals surface area contributed by atoms with Crippen molar-refractivity contribution in [2.45, 2.75) is 25.4 Å². The maximum atomic E-state index is 12.8. The Labute approximate surface area is 152 Å². The smallest absolute Gasteiger partial charge is 0.253 e. The number of amides is 3. The highest BCUT2D eigenvalue weighted by atomic mass is 16.2. The Morgan fingerprint density at radius 1 is 1.08 bits per heavy atom. The number of hydrogen-bond donors (Lipinski definition) is 2. The van der Waals surface area contributed by atoms with Gasteiger partial charge in [0.1, 0.15) is 6.04 Å². The minimum atomic E-state index is -0.541. The molecule has 2 aromatic carbocycles. The molecule has 0 saturated carbocycles. The van der Waals surface area contributed by atoms with Gasteiger partial charge < -0.3 is 15.5 Å². The zero-order valence-corrected chi connectivity index (χ0v) is 14.6. The highest BCUT2D eigenvalue weighted by Gasteiger charge is 2.36. The van der Waals surface area contributed by atoms with Crippen LogP contribution >= 0.6 is 0 Å². The van der Waals surface area contributed by atoms with E-state index in [-0.39, 0.29) is 17.7 Å². The summed E-state index contributed by atoms with van der Waals surface area (Å²) in [6.45, 7) is 0.398. The Hall–Kier alpha value is -3.15. The summed E-state index contributed by atoms with van der Waals surface area (Å²) in [7, 11) is 1.54. The lowest BCUT2D eigenvalue weighted by molar-refractivity contribution is -0.133. The number of nitrogens with zero attached hydrogens (tertiary/aromatic N) is 1. The average Bonchev–Trinajstić information content (AvgIpc) is 3.03. The van der Waals surface area contributed by atoms with Crippen molar-refractivity contribution in [2.24, 2.45) is 0 Å². The lowest BCUT2D eigenvalue weighted by Crippen LogP contribution is -2.41. The monoisotopic (exact) mass is 351 g/mol. The van der Waals surface area contributed by atoms with Crippen LogP contribution in [0.4, 0.5) is 5.69 Å². The number of carbonyl (C=O) groups excluding carboxylic acids is 3. The first kappa shape index (κ1) is 17.7. The molecule has 1 unspecified atom stereocenters. The van der Waals surface area contributed by atoms with Gasteiger partial charge in [0, 0.05) is 20.0 Å². The third-order valence-electron chi connectivity index (χ3n) is 4.48. The standard InChI is InChI=1S/C20H21N3O3/c1-21-19(25)15-9-5-6-10-16(15)22-20(26)17-11-12-18(24)23(17)13-14-7-3-2-4-8-14/h2-10,17H,11-13H2,1H3,(H,21,25)(H,22,26). The molecular weight excluding hydrogens is 330 g/mol. The normalized spacial score (nSPS) is 16.4. The van der Waals surface area contributed by atoms with Gasteiger partial charge in [0.15, 0.2) is 0 Å². The second kappa shape index (κ2) is 7.82. The molecule has 1 aliphatic rings. The molecule has 3 rings (SSSR count). The summed E-state index contributed by atoms with van der Waals surface area (Å²) in [5.74, 6) is -0.582. The number of rotatable bonds is 5. The largest absolute Gasteiger partial charge is 0.355 e. The molecular formula is C20H21N3O3. The van der Waals surface area contributed by atoms with Gasteiger partial charge in [-0.1, -0.05) is 42.5 Å². The SMILES string of the molecule is CNC(=O)c1ccccc1NC(=O)C1CCC(=O)N1Cc1ccccc1. The number of para-hydroxylation sites is 1. The molecule has 6 heteroatoms. The summed E-state index contributed by atoms with van der Waals surface area (Å²) in [5.41, 5.74) is 1.81. The Morgan fingerprint density at radius 3 is 2.50 bits per heavy atom.